The van der Waals surface area contributed by atoms with Crippen LogP contribution in [0.4, 0.5) is 4.79 Å². The molecule has 2 aliphatic rings. The third-order valence-electron chi connectivity index (χ3n) is 22.9. The topological polar surface area (TPSA) is 684 Å². The lowest BCUT2D eigenvalue weighted by Gasteiger charge is -2.33. The van der Waals surface area contributed by atoms with Crippen LogP contribution in [0, 0.1) is 10.8 Å². The molecule has 3 aromatic heterocycles. The smallest absolute Gasteiger partial charge is 0.330 e. The summed E-state index contributed by atoms with van der Waals surface area (Å²) in [5, 5.41) is 84.7. The summed E-state index contributed by atoms with van der Waals surface area (Å²) >= 11 is 0. The number of carboxylic acid groups (broad SMARTS) is 3. The van der Waals surface area contributed by atoms with Gasteiger partial charge in [-0.15, -0.1) is 0 Å². The summed E-state index contributed by atoms with van der Waals surface area (Å²) in [4.78, 5) is 232. The van der Waals surface area contributed by atoms with Gasteiger partial charge in [0, 0.05) is 161 Å². The Morgan fingerprint density at radius 2 is 0.815 bits per heavy atom. The van der Waals surface area contributed by atoms with E-state index >= 15 is 38.4 Å². The fourth-order valence-electron chi connectivity index (χ4n) is 16.0. The summed E-state index contributed by atoms with van der Waals surface area (Å²) < 4.78 is 0. The Morgan fingerprint density at radius 3 is 1.27 bits per heavy atom. The first-order valence-electron chi connectivity index (χ1n) is 44.0. The van der Waals surface area contributed by atoms with Crippen molar-refractivity contribution in [1.29, 1.82) is 10.8 Å². The number of para-hydroxylation sites is 2. The molecule has 10 rings (SSSR count). The minimum atomic E-state index is -1.94. The van der Waals surface area contributed by atoms with Crippen molar-refractivity contribution in [2.24, 2.45) is 17.2 Å². The zero-order valence-electron chi connectivity index (χ0n) is 74.1. The molecule has 0 unspecified atom stereocenters. The molecule has 2 aliphatic heterocycles. The number of nitrogens with two attached hydrogens (primary N) is 3. The van der Waals surface area contributed by atoms with E-state index in [1.54, 1.807) is 165 Å². The lowest BCUT2D eigenvalue weighted by molar-refractivity contribution is -0.142. The van der Waals surface area contributed by atoms with E-state index in [9.17, 15) is 54.0 Å². The first-order valence-corrected chi connectivity index (χ1v) is 44.0. The minimum Gasteiger partial charge on any atom is -0.480 e. The SMILES string of the molecule is N=C(N)NCCC[C@H](NC(=O)[C@H](Cc1ccccc1)NC(=O)CN1CCN(CC(=O)O)CCN(CC(=O)O)CCN(CC(=O)O)CC1)C(=O)N[C@@H](Cc1c[nH]c2ccccc12)C(=O)N[C@@H](CO)C(=O)N[C@@H](Cc1cnc[nH]1)C(=O)N[C@H](CCCNC(=N)N)C(=O)N[C@@H](Cc1c[nH]c2ccccc12)C(=O)N[C@@H](Cc1ccc(C(=O)c2ccccc2)cc1)C(=O)N1CCC[C@H]1C(=O)NNC(N)=O. The Balaban J connectivity index is 0.904. The van der Waals surface area contributed by atoms with Gasteiger partial charge in [-0.3, -0.25) is 103 Å². The van der Waals surface area contributed by atoms with Crippen LogP contribution in [-0.2, 0) is 94.4 Å². The number of aliphatic hydroxyl groups excluding tert-OH is 1. The Hall–Kier alpha value is -15.2. The maximum Gasteiger partial charge on any atom is 0.330 e. The number of carboxylic acids is 3. The number of aromatic nitrogens is 4. The fourth-order valence-corrected chi connectivity index (χ4v) is 16.0. The lowest BCUT2D eigenvalue weighted by Crippen LogP contribution is -2.62. The minimum absolute atomic E-state index is 0.00766. The number of likely N-dealkylation sites (tertiary alicyclic amines) is 1. The van der Waals surface area contributed by atoms with E-state index in [2.05, 4.69) is 78.5 Å². The molecule has 0 saturated carbocycles. The van der Waals surface area contributed by atoms with Gasteiger partial charge < -0.3 is 111 Å². The van der Waals surface area contributed by atoms with E-state index < -0.39 is 182 Å². The highest BCUT2D eigenvalue weighted by Gasteiger charge is 2.41. The maximum atomic E-state index is 15.5. The molecule has 2 saturated heterocycles. The zero-order valence-corrected chi connectivity index (χ0v) is 74.1. The van der Waals surface area contributed by atoms with Crippen LogP contribution in [0.15, 0.2) is 158 Å². The molecular formula is C90H116N26O19. The highest BCUT2D eigenvalue weighted by atomic mass is 16.4. The third kappa shape index (κ3) is 32.1. The number of ketones is 1. The van der Waals surface area contributed by atoms with Crippen LogP contribution in [0.5, 0.6) is 0 Å². The average molecular weight is 1870 g/mol. The highest BCUT2D eigenvalue weighted by molar-refractivity contribution is 6.09. The molecule has 45 nitrogen and oxygen atoms in total. The van der Waals surface area contributed by atoms with Gasteiger partial charge in [0.25, 0.3) is 5.91 Å². The zero-order chi connectivity index (χ0) is 97.0. The van der Waals surface area contributed by atoms with Gasteiger partial charge in [0.15, 0.2) is 17.7 Å². The molecule has 12 amide bonds. The van der Waals surface area contributed by atoms with Crippen molar-refractivity contribution < 1.29 is 92.3 Å². The number of primary amides is 1. The molecule has 0 aliphatic carbocycles. The molecule has 2 fully saturated rings. The quantitative estimate of drug-likeness (QED) is 0.00584. The van der Waals surface area contributed by atoms with Crippen molar-refractivity contribution in [1.82, 2.24) is 108 Å². The normalized spacial score (nSPS) is 15.8. The largest absolute Gasteiger partial charge is 0.480 e. The standard InChI is InChI=1S/C90H116N26O19/c91-88(92)97-29-11-22-65(103-81(128)67(40-54-14-3-1-4-15-54)102-74(118)48-112-32-34-113(49-75(119)120)36-38-115(51-77(123)124)39-37-114(35-33-112)50-76(121)122)79(126)106-69(43-59-46-100-64-21-10-8-19-62(59)64)83(130)109-72(52-117)85(132)107-70(44-60-47-96-53-101-60)84(131)104-66(23-12-30-98-89(93)94)80(127)105-68(42-58-45-99-63-20-9-7-18-61(58)63)82(129)108-71(87(134)116-31-13-24-73(116)86(133)110-111-90(95)135)41-55-25-27-57(28-26-55)78(125)56-16-5-2-6-17-56/h1-10,14-21,25-28,45-47,53,65-73,99-100,117H,11-13,22-24,29-44,48-52H2,(H,96,101)(H,102,118)(H,103,128)(H,104,131)(H,105,127)(H,106,126)(H,107,132)(H,108,129)(H,109,130)(H,110,133)(H,119,120)(H,121,122)(H,123,124)(H4,91,92,97)(H4,93,94,98)(H3,95,111,135)/t65-,66+,67-,68-,69-,70-,71-,72-,73-/m0/s1. The van der Waals surface area contributed by atoms with Crippen LogP contribution in [0.25, 0.3) is 21.8 Å². The molecule has 5 aromatic carbocycles. The van der Waals surface area contributed by atoms with E-state index in [1.165, 1.54) is 17.4 Å². The number of aliphatic carboxylic acids is 3. The van der Waals surface area contributed by atoms with Gasteiger partial charge in [-0.05, 0) is 72.9 Å². The summed E-state index contributed by atoms with van der Waals surface area (Å²) in [6, 6.07) is 22.1. The number of aliphatic hydroxyl groups is 1. The number of amides is 12. The number of hydrogen-bond donors (Lipinski definition) is 24. The van der Waals surface area contributed by atoms with E-state index in [1.807, 2.05) is 5.43 Å². The van der Waals surface area contributed by atoms with Crippen LogP contribution >= 0.6 is 0 Å². The second kappa shape index (κ2) is 51.0. The molecule has 0 radical (unpaired) electrons. The number of carbonyl (C=O) groups excluding carboxylic acids is 12. The first-order chi connectivity index (χ1) is 64.8. The molecule has 45 heteroatoms. The van der Waals surface area contributed by atoms with Gasteiger partial charge in [0.1, 0.15) is 54.4 Å². The van der Waals surface area contributed by atoms with Gasteiger partial charge in [0.05, 0.1) is 39.1 Å². The van der Waals surface area contributed by atoms with Gasteiger partial charge >= 0.3 is 23.9 Å². The number of aromatic amines is 3. The van der Waals surface area contributed by atoms with Crippen molar-refractivity contribution in [3.05, 3.63) is 197 Å². The number of hydrazine groups is 1. The number of nitrogens with one attached hydrogen (secondary N) is 17. The van der Waals surface area contributed by atoms with E-state index in [0.717, 1.165) is 0 Å². The second-order valence-corrected chi connectivity index (χ2v) is 32.8. The number of nitrogens with zero attached hydrogens (tertiary/aromatic N) is 6. The van der Waals surface area contributed by atoms with Crippen LogP contribution in [0.1, 0.15) is 82.4 Å². The van der Waals surface area contributed by atoms with Crippen molar-refractivity contribution >= 4 is 123 Å². The summed E-state index contributed by atoms with van der Waals surface area (Å²) in [6.45, 7) is -2.17. The predicted octanol–water partition coefficient (Wildman–Crippen LogP) is -3.32. The Kier molecular flexibility index (Phi) is 38.5. The molecule has 720 valence electrons. The number of carbonyl (C=O) groups is 15. The van der Waals surface area contributed by atoms with Crippen molar-refractivity contribution in [3.63, 3.8) is 0 Å². The Morgan fingerprint density at radius 1 is 0.422 bits per heavy atom. The van der Waals surface area contributed by atoms with E-state index in [4.69, 9.17) is 28.0 Å². The molecule has 8 aromatic rings. The predicted molar refractivity (Wildman–Crippen MR) is 492 cm³/mol. The summed E-state index contributed by atoms with van der Waals surface area (Å²) in [6.07, 6.45) is 4.50. The van der Waals surface area contributed by atoms with Gasteiger partial charge in [-0.1, -0.05) is 121 Å². The van der Waals surface area contributed by atoms with Crippen LogP contribution in [-0.4, -0.2) is 325 Å². The molecule has 9 atom stereocenters. The third-order valence-corrected chi connectivity index (χ3v) is 22.9. The molecule has 5 heterocycles. The summed E-state index contributed by atoms with van der Waals surface area (Å²) in [5.74, 6) is -14.0. The highest BCUT2D eigenvalue weighted by Crippen LogP contribution is 2.25. The molecular weight excluding hydrogens is 1750 g/mol. The average Bonchev–Trinajstić information content (AvgIpc) is 1.75. The first kappa shape index (κ1) is 102. The van der Waals surface area contributed by atoms with Crippen molar-refractivity contribution in [2.45, 2.75) is 125 Å². The van der Waals surface area contributed by atoms with Crippen LogP contribution < -0.4 is 81.2 Å². The maximum absolute atomic E-state index is 15.5. The van der Waals surface area contributed by atoms with E-state index in [-0.39, 0.29) is 148 Å². The van der Waals surface area contributed by atoms with Gasteiger partial charge in [-0.2, -0.15) is 0 Å². The summed E-state index contributed by atoms with van der Waals surface area (Å²) in [5.41, 5.74) is 25.0. The lowest BCUT2D eigenvalue weighted by atomic mass is 9.98. The Labute approximate surface area is 775 Å². The van der Waals surface area contributed by atoms with Gasteiger partial charge in [-0.25, -0.2) is 15.2 Å². The number of fused-ring (bicyclic) bond motifs is 2. The number of rotatable bonds is 46. The number of hydrogen-bond acceptors (Lipinski definition) is 23. The number of H-pyrrole nitrogens is 3. The number of benzene rings is 5. The van der Waals surface area contributed by atoms with Crippen molar-refractivity contribution in [3.8, 4) is 0 Å². The monoisotopic (exact) mass is 1860 g/mol. The van der Waals surface area contributed by atoms with Crippen molar-refractivity contribution in [2.75, 3.05) is 105 Å². The summed E-state index contributed by atoms with van der Waals surface area (Å²) in [7, 11) is 0. The number of guanidine groups is 2. The Bertz CT molecular complexity index is 5420. The van der Waals surface area contributed by atoms with Gasteiger partial charge in [0.2, 0.25) is 53.2 Å². The number of imidazole rings is 1. The molecule has 135 heavy (non-hydrogen) atoms. The molecule has 0 bridgehead atoms. The second-order valence-electron chi connectivity index (χ2n) is 32.8. The van der Waals surface area contributed by atoms with E-state index in [0.29, 0.717) is 61.6 Å². The molecule has 27 N–H and O–H groups in total. The van der Waals surface area contributed by atoms with Crippen LogP contribution in [0.2, 0.25) is 0 Å². The number of urea groups is 1. The van der Waals surface area contributed by atoms with Crippen LogP contribution in [0.3, 0.4) is 0 Å². The molecule has 0 spiro atoms. The fraction of sp³-hybridized carbons (Fsp3) is 0.400.